The summed E-state index contributed by atoms with van der Waals surface area (Å²) in [6, 6.07) is 15.2. The molecule has 3 N–H and O–H groups in total. The molecule has 1 amide bonds. The molecule has 1 heterocycles. The molecular weight excluding hydrogens is 392 g/mol. The first kappa shape index (κ1) is 22.1. The highest BCUT2D eigenvalue weighted by molar-refractivity contribution is 6.01. The second-order valence-electron chi connectivity index (χ2n) is 8.22. The van der Waals surface area contributed by atoms with Crippen LogP contribution in [0, 0.1) is 6.92 Å². The number of carbonyl (C=O) groups is 1. The molecule has 3 rings (SSSR count). The Morgan fingerprint density at radius 2 is 1.90 bits per heavy atom. The largest absolute Gasteiger partial charge is 0.444 e. The summed E-state index contributed by atoms with van der Waals surface area (Å²) < 4.78 is 5.33. The van der Waals surface area contributed by atoms with E-state index in [-0.39, 0.29) is 6.54 Å². The Bertz CT molecular complexity index is 1070. The van der Waals surface area contributed by atoms with Gasteiger partial charge < -0.3 is 20.6 Å². The quantitative estimate of drug-likeness (QED) is 0.236. The molecular formula is C24H27N4O3. The zero-order valence-electron chi connectivity index (χ0n) is 17.9. The highest BCUT2D eigenvalue weighted by atomic mass is 16.6. The van der Waals surface area contributed by atoms with Crippen molar-refractivity contribution in [2.75, 3.05) is 11.9 Å². The number of anilines is 1. The van der Waals surface area contributed by atoms with Gasteiger partial charge in [0.05, 0.1) is 5.92 Å². The second-order valence-corrected chi connectivity index (χ2v) is 8.22. The maximum atomic E-state index is 12.2. The topological polar surface area (TPSA) is 95.8 Å². The van der Waals surface area contributed by atoms with Crippen LogP contribution in [-0.2, 0) is 4.74 Å². The summed E-state index contributed by atoms with van der Waals surface area (Å²) in [4.78, 5) is 16.3. The number of pyridine rings is 1. The molecule has 0 saturated carbocycles. The molecule has 0 aliphatic heterocycles. The Morgan fingerprint density at radius 3 is 2.58 bits per heavy atom. The minimum absolute atomic E-state index is 0.176. The van der Waals surface area contributed by atoms with Crippen LogP contribution in [0.4, 0.5) is 10.5 Å². The predicted molar refractivity (Wildman–Crippen MR) is 122 cm³/mol. The lowest BCUT2D eigenvalue weighted by atomic mass is 9.96. The number of amidine groups is 1. The van der Waals surface area contributed by atoms with Gasteiger partial charge in [-0.1, -0.05) is 35.5 Å². The van der Waals surface area contributed by atoms with Crippen LogP contribution in [0.1, 0.15) is 37.8 Å². The first-order chi connectivity index (χ1) is 14.7. The van der Waals surface area contributed by atoms with E-state index in [1.165, 1.54) is 0 Å². The van der Waals surface area contributed by atoms with Gasteiger partial charge in [0.25, 0.3) is 0 Å². The number of oxime groups is 1. The van der Waals surface area contributed by atoms with Crippen LogP contribution in [-0.4, -0.2) is 34.3 Å². The van der Waals surface area contributed by atoms with Crippen molar-refractivity contribution in [3.63, 3.8) is 0 Å². The minimum atomic E-state index is -0.610. The van der Waals surface area contributed by atoms with Crippen molar-refractivity contribution in [1.29, 1.82) is 0 Å². The summed E-state index contributed by atoms with van der Waals surface area (Å²) in [6.07, 6.45) is 2.97. The van der Waals surface area contributed by atoms with Gasteiger partial charge in [0, 0.05) is 30.0 Å². The van der Waals surface area contributed by atoms with E-state index >= 15 is 0 Å². The summed E-state index contributed by atoms with van der Waals surface area (Å²) in [5.41, 5.74) is 1.86. The average molecular weight is 420 g/mol. The monoisotopic (exact) mass is 419 g/mol. The molecule has 0 unspecified atom stereocenters. The third kappa shape index (κ3) is 6.18. The van der Waals surface area contributed by atoms with Gasteiger partial charge in [-0.25, -0.2) is 4.79 Å². The number of fused-ring (bicyclic) bond motifs is 1. The van der Waals surface area contributed by atoms with Crippen LogP contribution < -0.4 is 10.6 Å². The number of benzene rings is 2. The normalized spacial score (nSPS) is 13.0. The molecule has 0 spiro atoms. The van der Waals surface area contributed by atoms with E-state index in [9.17, 15) is 10.0 Å². The fourth-order valence-electron chi connectivity index (χ4n) is 3.11. The molecule has 31 heavy (non-hydrogen) atoms. The lowest BCUT2D eigenvalue weighted by Crippen LogP contribution is -2.37. The van der Waals surface area contributed by atoms with Crippen molar-refractivity contribution in [2.45, 2.75) is 32.3 Å². The van der Waals surface area contributed by atoms with Crippen LogP contribution in [0.2, 0.25) is 0 Å². The number of alkyl carbamates (subject to hydrolysis) is 1. The molecule has 3 aromatic rings. The van der Waals surface area contributed by atoms with Crippen LogP contribution in [0.3, 0.4) is 0 Å². The van der Waals surface area contributed by atoms with Crippen LogP contribution in [0.25, 0.3) is 10.8 Å². The molecule has 161 valence electrons. The van der Waals surface area contributed by atoms with Crippen LogP contribution in [0.5, 0.6) is 0 Å². The van der Waals surface area contributed by atoms with E-state index in [4.69, 9.17) is 4.74 Å². The summed E-state index contributed by atoms with van der Waals surface area (Å²) in [5.74, 6) is -0.146. The van der Waals surface area contributed by atoms with Crippen molar-refractivity contribution in [1.82, 2.24) is 10.3 Å². The van der Waals surface area contributed by atoms with E-state index in [2.05, 4.69) is 27.7 Å². The number of amides is 1. The predicted octanol–water partition coefficient (Wildman–Crippen LogP) is 4.93. The number of hydrogen-bond acceptors (Lipinski definition) is 5. The van der Waals surface area contributed by atoms with Gasteiger partial charge in [0.15, 0.2) is 5.84 Å². The zero-order chi connectivity index (χ0) is 22.4. The first-order valence-electron chi connectivity index (χ1n) is 9.97. The molecule has 1 radical (unpaired) electrons. The smallest absolute Gasteiger partial charge is 0.407 e. The summed E-state index contributed by atoms with van der Waals surface area (Å²) >= 11 is 0. The van der Waals surface area contributed by atoms with Crippen LogP contribution in [0.15, 0.2) is 66.1 Å². The second kappa shape index (κ2) is 9.47. The third-order valence-corrected chi connectivity index (χ3v) is 4.58. The molecule has 7 heteroatoms. The Balaban J connectivity index is 1.84. The van der Waals surface area contributed by atoms with E-state index in [1.807, 2.05) is 48.5 Å². The summed E-state index contributed by atoms with van der Waals surface area (Å²) in [5, 5.41) is 21.2. The molecule has 7 nitrogen and oxygen atoms in total. The number of hydrogen-bond donors (Lipinski definition) is 3. The number of aromatic nitrogens is 1. The van der Waals surface area contributed by atoms with Gasteiger partial charge in [0.1, 0.15) is 5.60 Å². The molecule has 0 bridgehead atoms. The number of nitrogens with one attached hydrogen (secondary N) is 2. The van der Waals surface area contributed by atoms with Gasteiger partial charge in [-0.2, -0.15) is 0 Å². The van der Waals surface area contributed by atoms with Gasteiger partial charge in [-0.15, -0.1) is 0 Å². The van der Waals surface area contributed by atoms with Crippen molar-refractivity contribution in [3.05, 3.63) is 79.0 Å². The number of nitrogens with zero attached hydrogens (tertiary/aromatic N) is 2. The van der Waals surface area contributed by atoms with Gasteiger partial charge >= 0.3 is 6.09 Å². The highest BCUT2D eigenvalue weighted by Crippen LogP contribution is 2.23. The molecule has 0 fully saturated rings. The maximum Gasteiger partial charge on any atom is 0.407 e. The molecule has 2 aromatic carbocycles. The Kier molecular flexibility index (Phi) is 6.74. The highest BCUT2D eigenvalue weighted by Gasteiger charge is 2.23. The standard InChI is InChI=1S/C24H27N4O3/c1-16-5-7-17(8-6-16)21(15-26-23(29)31-24(2,3)4)22(28-30)27-20-10-9-19-14-25-12-11-18(19)13-20/h5-14,21,30H,1,15H2,2-4H3,(H,26,29)(H,27,28)/t21-/m1/s1. The van der Waals surface area contributed by atoms with Gasteiger partial charge in [-0.3, -0.25) is 4.98 Å². The van der Waals surface area contributed by atoms with E-state index in [1.54, 1.807) is 33.2 Å². The number of rotatable bonds is 5. The van der Waals surface area contributed by atoms with E-state index in [0.717, 1.165) is 27.6 Å². The maximum absolute atomic E-state index is 12.2. The first-order valence-corrected chi connectivity index (χ1v) is 9.97. The van der Waals surface area contributed by atoms with Crippen LogP contribution >= 0.6 is 0 Å². The fourth-order valence-corrected chi connectivity index (χ4v) is 3.11. The molecule has 1 aromatic heterocycles. The van der Waals surface area contributed by atoms with Crippen molar-refractivity contribution >= 4 is 28.4 Å². The average Bonchev–Trinajstić information content (AvgIpc) is 2.72. The number of carbonyl (C=O) groups excluding carboxylic acids is 1. The van der Waals surface area contributed by atoms with E-state index < -0.39 is 17.6 Å². The van der Waals surface area contributed by atoms with Crippen molar-refractivity contribution in [2.24, 2.45) is 5.16 Å². The van der Waals surface area contributed by atoms with Crippen molar-refractivity contribution < 1.29 is 14.7 Å². The van der Waals surface area contributed by atoms with Crippen molar-refractivity contribution in [3.8, 4) is 0 Å². The lowest BCUT2D eigenvalue weighted by molar-refractivity contribution is 0.0527. The molecule has 1 atom stereocenters. The lowest BCUT2D eigenvalue weighted by Gasteiger charge is -2.23. The molecule has 0 saturated heterocycles. The molecule has 0 aliphatic carbocycles. The minimum Gasteiger partial charge on any atom is -0.444 e. The molecule has 0 aliphatic rings. The third-order valence-electron chi connectivity index (χ3n) is 4.58. The Morgan fingerprint density at radius 1 is 1.16 bits per heavy atom. The summed E-state index contributed by atoms with van der Waals surface area (Å²) in [6.45, 7) is 9.48. The Labute approximate surface area is 182 Å². The van der Waals surface area contributed by atoms with E-state index in [0.29, 0.717) is 5.84 Å². The SMILES string of the molecule is [CH2]c1ccc([C@@H](CNC(=O)OC(C)(C)C)C(=NO)Nc2ccc3cnccc3c2)cc1. The zero-order valence-corrected chi connectivity index (χ0v) is 17.9. The summed E-state index contributed by atoms with van der Waals surface area (Å²) in [7, 11) is 0. The number of ether oxygens (including phenoxy) is 1. The van der Waals surface area contributed by atoms with Gasteiger partial charge in [0.2, 0.25) is 0 Å². The fraction of sp³-hybridized carbons (Fsp3) is 0.250. The van der Waals surface area contributed by atoms with Gasteiger partial charge in [-0.05, 0) is 62.4 Å². The Hall–Kier alpha value is -3.61.